The molecule has 3 rings (SSSR count). The molecule has 39 heavy (non-hydrogen) atoms. The first kappa shape index (κ1) is 29.6. The quantitative estimate of drug-likeness (QED) is 0.366. The van der Waals surface area contributed by atoms with E-state index in [-0.39, 0.29) is 0 Å². The first-order valence-electron chi connectivity index (χ1n) is 13.1. The van der Waals surface area contributed by atoms with E-state index in [1.165, 1.54) is 4.90 Å². The van der Waals surface area contributed by atoms with E-state index in [1.54, 1.807) is 34.6 Å². The third kappa shape index (κ3) is 7.57. The van der Waals surface area contributed by atoms with Crippen LogP contribution in [-0.4, -0.2) is 52.2 Å². The summed E-state index contributed by atoms with van der Waals surface area (Å²) in [5.74, 6) is -1.01. The van der Waals surface area contributed by atoms with E-state index in [2.05, 4.69) is 10.6 Å². The molecule has 0 aliphatic heterocycles. The number of benzene rings is 3. The van der Waals surface area contributed by atoms with Gasteiger partial charge in [0.05, 0.1) is 6.61 Å². The topological polar surface area (TPSA) is 108 Å². The van der Waals surface area contributed by atoms with Gasteiger partial charge in [-0.15, -0.1) is 0 Å². The van der Waals surface area contributed by atoms with Crippen LogP contribution in [0.15, 0.2) is 60.7 Å². The van der Waals surface area contributed by atoms with E-state index >= 15 is 0 Å². The van der Waals surface area contributed by atoms with Gasteiger partial charge in [-0.3, -0.25) is 9.59 Å². The number of anilines is 1. The number of rotatable bonds is 8. The summed E-state index contributed by atoms with van der Waals surface area (Å²) in [6, 6.07) is 16.3. The summed E-state index contributed by atoms with van der Waals surface area (Å²) in [4.78, 5) is 41.6. The van der Waals surface area contributed by atoms with Gasteiger partial charge in [-0.2, -0.15) is 0 Å². The Balaban J connectivity index is 2.00. The average molecular weight is 534 g/mol. The van der Waals surface area contributed by atoms with E-state index in [9.17, 15) is 19.5 Å². The van der Waals surface area contributed by atoms with Crippen LogP contribution in [0.5, 0.6) is 0 Å². The molecule has 0 spiro atoms. The molecule has 3 N–H and O–H groups in total. The molecule has 8 heteroatoms. The molecule has 0 aromatic heterocycles. The van der Waals surface area contributed by atoms with E-state index < -0.39 is 48.2 Å². The SMILES string of the molecule is Cc1ccc(C(C(=O)Nc2ccc3ccccc3c2)N(C(=O)C(CO)NC(=O)OC(C)(C)C)C(C)C)cc1C. The van der Waals surface area contributed by atoms with E-state index in [4.69, 9.17) is 4.74 Å². The van der Waals surface area contributed by atoms with Crippen LogP contribution in [0.2, 0.25) is 0 Å². The van der Waals surface area contributed by atoms with Crippen LogP contribution < -0.4 is 10.6 Å². The van der Waals surface area contributed by atoms with Gasteiger partial charge in [0.15, 0.2) is 0 Å². The second-order valence-corrected chi connectivity index (χ2v) is 11.0. The third-order valence-electron chi connectivity index (χ3n) is 6.37. The highest BCUT2D eigenvalue weighted by molar-refractivity contribution is 6.00. The largest absolute Gasteiger partial charge is 0.444 e. The highest BCUT2D eigenvalue weighted by Crippen LogP contribution is 2.29. The maximum absolute atomic E-state index is 13.9. The van der Waals surface area contributed by atoms with Crippen molar-refractivity contribution in [2.75, 3.05) is 11.9 Å². The van der Waals surface area contributed by atoms with Crippen molar-refractivity contribution in [1.29, 1.82) is 0 Å². The molecule has 0 radical (unpaired) electrons. The molecular formula is C31H39N3O5. The van der Waals surface area contributed by atoms with E-state index in [0.717, 1.165) is 21.9 Å². The van der Waals surface area contributed by atoms with Crippen molar-refractivity contribution in [1.82, 2.24) is 10.2 Å². The van der Waals surface area contributed by atoms with Crippen LogP contribution in [0, 0.1) is 13.8 Å². The lowest BCUT2D eigenvalue weighted by Gasteiger charge is -2.37. The molecule has 8 nitrogen and oxygen atoms in total. The lowest BCUT2D eigenvalue weighted by molar-refractivity contribution is -0.143. The molecule has 0 fully saturated rings. The summed E-state index contributed by atoms with van der Waals surface area (Å²) < 4.78 is 5.28. The van der Waals surface area contributed by atoms with Crippen LogP contribution >= 0.6 is 0 Å². The molecule has 2 atom stereocenters. The number of nitrogens with one attached hydrogen (secondary N) is 2. The van der Waals surface area contributed by atoms with Crippen LogP contribution in [0.4, 0.5) is 10.5 Å². The van der Waals surface area contributed by atoms with Crippen molar-refractivity contribution in [2.45, 2.75) is 72.2 Å². The molecule has 0 aliphatic carbocycles. The Labute approximate surface area is 230 Å². The Morgan fingerprint density at radius 1 is 0.923 bits per heavy atom. The van der Waals surface area contributed by atoms with Crippen LogP contribution in [-0.2, 0) is 14.3 Å². The molecule has 3 amide bonds. The number of amides is 3. The minimum absolute atomic E-state index is 0.412. The number of carbonyl (C=O) groups excluding carboxylic acids is 3. The van der Waals surface area contributed by atoms with Crippen molar-refractivity contribution in [2.24, 2.45) is 0 Å². The highest BCUT2D eigenvalue weighted by atomic mass is 16.6. The maximum atomic E-state index is 13.9. The molecule has 0 saturated carbocycles. The minimum Gasteiger partial charge on any atom is -0.444 e. The number of aliphatic hydroxyl groups is 1. The van der Waals surface area contributed by atoms with Gasteiger partial charge in [0, 0.05) is 11.7 Å². The van der Waals surface area contributed by atoms with Crippen molar-refractivity contribution < 1.29 is 24.2 Å². The van der Waals surface area contributed by atoms with Gasteiger partial charge in [0.1, 0.15) is 17.7 Å². The summed E-state index contributed by atoms with van der Waals surface area (Å²) in [7, 11) is 0. The number of fused-ring (bicyclic) bond motifs is 1. The Bertz CT molecular complexity index is 1350. The van der Waals surface area contributed by atoms with E-state index in [0.29, 0.717) is 11.3 Å². The first-order chi connectivity index (χ1) is 18.3. The number of aryl methyl sites for hydroxylation is 2. The highest BCUT2D eigenvalue weighted by Gasteiger charge is 2.37. The number of hydrogen-bond acceptors (Lipinski definition) is 5. The monoisotopic (exact) mass is 533 g/mol. The molecule has 0 aliphatic rings. The second kappa shape index (κ2) is 12.3. The van der Waals surface area contributed by atoms with Gasteiger partial charge in [0.25, 0.3) is 5.91 Å². The maximum Gasteiger partial charge on any atom is 0.408 e. The van der Waals surface area contributed by atoms with Gasteiger partial charge >= 0.3 is 6.09 Å². The van der Waals surface area contributed by atoms with Crippen molar-refractivity contribution in [3.63, 3.8) is 0 Å². The average Bonchev–Trinajstić information content (AvgIpc) is 2.85. The normalized spacial score (nSPS) is 13.1. The molecule has 0 heterocycles. The van der Waals surface area contributed by atoms with Gasteiger partial charge in [-0.25, -0.2) is 4.79 Å². The van der Waals surface area contributed by atoms with E-state index in [1.807, 2.05) is 74.5 Å². The van der Waals surface area contributed by atoms with Crippen LogP contribution in [0.25, 0.3) is 10.8 Å². The summed E-state index contributed by atoms with van der Waals surface area (Å²) in [5.41, 5.74) is 2.45. The zero-order valence-electron chi connectivity index (χ0n) is 23.7. The summed E-state index contributed by atoms with van der Waals surface area (Å²) in [6.45, 7) is 11.9. The third-order valence-corrected chi connectivity index (χ3v) is 6.37. The fourth-order valence-corrected chi connectivity index (χ4v) is 4.35. The summed E-state index contributed by atoms with van der Waals surface area (Å²) in [5, 5.41) is 17.5. The Hall–Kier alpha value is -3.91. The number of ether oxygens (including phenoxy) is 1. The van der Waals surface area contributed by atoms with Gasteiger partial charge < -0.3 is 25.4 Å². The van der Waals surface area contributed by atoms with Crippen LogP contribution in [0.3, 0.4) is 0 Å². The zero-order chi connectivity index (χ0) is 28.9. The summed E-state index contributed by atoms with van der Waals surface area (Å²) in [6.07, 6.45) is -0.832. The molecule has 3 aromatic rings. The molecular weight excluding hydrogens is 494 g/mol. The second-order valence-electron chi connectivity index (χ2n) is 11.0. The van der Waals surface area contributed by atoms with Crippen LogP contribution in [0.1, 0.15) is 57.4 Å². The Kier molecular flexibility index (Phi) is 9.35. The standard InChI is InChI=1S/C31H39N3O5/c1-19(2)34(29(37)26(18-35)33-30(38)39-31(5,6)7)27(24-13-12-20(3)21(4)16-24)28(36)32-25-15-14-22-10-8-9-11-23(22)17-25/h8-17,19,26-27,35H,18H2,1-7H3,(H,32,36)(H,33,38). The first-order valence-corrected chi connectivity index (χ1v) is 13.1. The van der Waals surface area contributed by atoms with Crippen molar-refractivity contribution in [3.8, 4) is 0 Å². The molecule has 0 bridgehead atoms. The van der Waals surface area contributed by atoms with Crippen molar-refractivity contribution >= 4 is 34.4 Å². The lowest BCUT2D eigenvalue weighted by Crippen LogP contribution is -2.55. The number of alkyl carbamates (subject to hydrolysis) is 1. The smallest absolute Gasteiger partial charge is 0.408 e. The summed E-state index contributed by atoms with van der Waals surface area (Å²) >= 11 is 0. The predicted octanol–water partition coefficient (Wildman–Crippen LogP) is 5.26. The van der Waals surface area contributed by atoms with Gasteiger partial charge in [-0.05, 0) is 88.1 Å². The van der Waals surface area contributed by atoms with Gasteiger partial charge in [0.2, 0.25) is 5.91 Å². The fourth-order valence-electron chi connectivity index (χ4n) is 4.35. The predicted molar refractivity (Wildman–Crippen MR) is 153 cm³/mol. The minimum atomic E-state index is -1.30. The molecule has 208 valence electrons. The van der Waals surface area contributed by atoms with Gasteiger partial charge in [-0.1, -0.05) is 48.5 Å². The Morgan fingerprint density at radius 3 is 2.18 bits per heavy atom. The molecule has 3 aromatic carbocycles. The molecule has 2 unspecified atom stereocenters. The number of aliphatic hydroxyl groups excluding tert-OH is 1. The zero-order valence-corrected chi connectivity index (χ0v) is 23.7. The number of hydrogen-bond donors (Lipinski definition) is 3. The molecule has 0 saturated heterocycles. The number of nitrogens with zero attached hydrogens (tertiary/aromatic N) is 1. The lowest BCUT2D eigenvalue weighted by atomic mass is 9.97. The fraction of sp³-hybridized carbons (Fsp3) is 0.387. The number of carbonyl (C=O) groups is 3. The van der Waals surface area contributed by atoms with Crippen molar-refractivity contribution in [3.05, 3.63) is 77.4 Å². The Morgan fingerprint density at radius 2 is 1.59 bits per heavy atom.